The molecule has 4 N–H and O–H groups in total. The van der Waals surface area contributed by atoms with Gasteiger partial charge in [0.05, 0.1) is 11.1 Å². The minimum Gasteiger partial charge on any atom is -0.508 e. The zero-order chi connectivity index (χ0) is 48.3. The van der Waals surface area contributed by atoms with Crippen LogP contribution in [0.1, 0.15) is 120 Å². The fraction of sp³-hybridized carbons (Fsp3) is 0.280. The first-order chi connectivity index (χ1) is 33.3. The Bertz CT molecular complexity index is 3000. The van der Waals surface area contributed by atoms with Crippen molar-refractivity contribution in [3.63, 3.8) is 0 Å². The largest absolute Gasteiger partial charge is 0.508 e. The van der Waals surface area contributed by atoms with E-state index in [1.165, 1.54) is 28.6 Å². The van der Waals surface area contributed by atoms with Gasteiger partial charge in [0.25, 0.3) is 29.5 Å². The lowest BCUT2D eigenvalue weighted by Gasteiger charge is -2.32. The first-order valence-corrected chi connectivity index (χ1v) is 23.2. The number of benzene rings is 3. The minimum absolute atomic E-state index is 0.0108. The highest BCUT2D eigenvalue weighted by atomic mass is 32.1. The van der Waals surface area contributed by atoms with Gasteiger partial charge in [-0.15, -0.1) is 11.3 Å². The van der Waals surface area contributed by atoms with Crippen molar-refractivity contribution in [1.82, 2.24) is 35.3 Å². The zero-order valence-electron chi connectivity index (χ0n) is 36.8. The first-order valence-electron chi connectivity index (χ1n) is 22.4. The predicted octanol–water partition coefficient (Wildman–Crippen LogP) is 4.65. The van der Waals surface area contributed by atoms with Gasteiger partial charge >= 0.3 is 0 Å². The molecule has 350 valence electrons. The molecule has 0 saturated carbocycles. The van der Waals surface area contributed by atoms with E-state index in [2.05, 4.69) is 37.8 Å². The number of anilines is 1. The van der Waals surface area contributed by atoms with Crippen LogP contribution in [0.4, 0.5) is 9.52 Å². The number of pyridine rings is 1. The van der Waals surface area contributed by atoms with Crippen LogP contribution in [0.15, 0.2) is 84.5 Å². The number of aromatic nitrogens is 2. The number of carbonyl (C=O) groups is 8. The molecule has 2 unspecified atom stereocenters. The van der Waals surface area contributed by atoms with Crippen LogP contribution >= 0.6 is 11.3 Å². The Hall–Kier alpha value is -8.11. The van der Waals surface area contributed by atoms with E-state index in [0.29, 0.717) is 79.4 Å². The Morgan fingerprint density at radius 2 is 1.68 bits per heavy atom. The van der Waals surface area contributed by atoms with Crippen LogP contribution in [0.25, 0.3) is 0 Å². The van der Waals surface area contributed by atoms with Crippen LogP contribution in [0, 0.1) is 17.7 Å². The van der Waals surface area contributed by atoms with Crippen molar-refractivity contribution in [1.29, 1.82) is 0 Å². The van der Waals surface area contributed by atoms with Crippen molar-refractivity contribution in [2.45, 2.75) is 76.0 Å². The summed E-state index contributed by atoms with van der Waals surface area (Å²) in [6.07, 6.45) is 6.11. The Morgan fingerprint density at radius 1 is 0.884 bits per heavy atom. The molecule has 6 heterocycles. The lowest BCUT2D eigenvalue weighted by Crippen LogP contribution is -2.54. The van der Waals surface area contributed by atoms with Crippen molar-refractivity contribution in [3.05, 3.63) is 141 Å². The number of rotatable bonds is 12. The number of piperidine rings is 2. The van der Waals surface area contributed by atoms with Crippen LogP contribution in [0.3, 0.4) is 0 Å². The molecule has 19 heteroatoms. The Balaban J connectivity index is 0.738. The van der Waals surface area contributed by atoms with E-state index in [-0.39, 0.29) is 70.5 Å². The van der Waals surface area contributed by atoms with Crippen molar-refractivity contribution in [2.24, 2.45) is 0 Å². The molecule has 5 aromatic rings. The Labute approximate surface area is 398 Å². The quantitative estimate of drug-likeness (QED) is 0.0765. The summed E-state index contributed by atoms with van der Waals surface area (Å²) in [7, 11) is 0. The van der Waals surface area contributed by atoms with Crippen LogP contribution in [0.5, 0.6) is 5.75 Å². The maximum Gasteiger partial charge on any atom is 0.270 e. The Morgan fingerprint density at radius 3 is 2.43 bits per heavy atom. The minimum atomic E-state index is -1.37. The number of likely N-dealkylation sites (tertiary alicyclic amines) is 1. The molecule has 69 heavy (non-hydrogen) atoms. The zero-order valence-corrected chi connectivity index (χ0v) is 37.6. The summed E-state index contributed by atoms with van der Waals surface area (Å²) in [4.78, 5) is 117. The third-order valence-corrected chi connectivity index (χ3v) is 13.3. The number of aryl methyl sites for hydroxylation is 1. The highest BCUT2D eigenvalue weighted by Crippen LogP contribution is 2.37. The number of unbranched alkanes of at least 4 members (excludes halogenated alkanes) is 1. The molecule has 0 radical (unpaired) electrons. The second-order valence-electron chi connectivity index (χ2n) is 17.0. The number of hydrogen-bond acceptors (Lipinski definition) is 12. The first kappa shape index (κ1) is 46.0. The molecule has 9 rings (SSSR count). The molecular weight excluding hydrogens is 908 g/mol. The maximum atomic E-state index is 14.4. The number of fused-ring (bicyclic) bond motifs is 2. The molecule has 2 fully saturated rings. The number of carbonyl (C=O) groups excluding carboxylic acids is 8. The number of aromatic hydroxyl groups is 1. The number of halogens is 1. The van der Waals surface area contributed by atoms with E-state index in [4.69, 9.17) is 0 Å². The van der Waals surface area contributed by atoms with Gasteiger partial charge in [0, 0.05) is 78.5 Å². The fourth-order valence-electron chi connectivity index (χ4n) is 9.09. The molecule has 8 amide bonds. The van der Waals surface area contributed by atoms with E-state index in [0.717, 1.165) is 23.1 Å². The van der Waals surface area contributed by atoms with Gasteiger partial charge in [-0.2, -0.15) is 0 Å². The number of phenolic OH excluding ortho intramolecular Hbond substituents is 1. The van der Waals surface area contributed by atoms with Gasteiger partial charge in [0.1, 0.15) is 29.3 Å². The summed E-state index contributed by atoms with van der Waals surface area (Å²) < 4.78 is 14.4. The molecule has 0 aliphatic carbocycles. The van der Waals surface area contributed by atoms with E-state index in [1.54, 1.807) is 58.8 Å². The number of phenols is 1. The highest BCUT2D eigenvalue weighted by molar-refractivity contribution is 7.13. The van der Waals surface area contributed by atoms with E-state index >= 15 is 0 Å². The highest BCUT2D eigenvalue weighted by Gasteiger charge is 2.45. The molecule has 0 bridgehead atoms. The number of imide groups is 2. The lowest BCUT2D eigenvalue weighted by atomic mass is 9.97. The molecule has 17 nitrogen and oxygen atoms in total. The van der Waals surface area contributed by atoms with Gasteiger partial charge < -0.3 is 20.2 Å². The SMILES string of the molecule is O=C1CCC(N2C(=O)c3cccc(CCCCC(=O)N4CCC(NC(=O)c5ccc(C#Cc6ccc7c(c6)C(=O)N(C(C(=O)Nc6nccs6)c6cc(F)ccc6O)C7)cn5)CC4)c3C2=O)C(=O)N1. The predicted molar refractivity (Wildman–Crippen MR) is 246 cm³/mol. The molecular formula is C50H43FN8O9S. The van der Waals surface area contributed by atoms with Gasteiger partial charge in [0.2, 0.25) is 17.7 Å². The van der Waals surface area contributed by atoms with Gasteiger partial charge in [-0.1, -0.05) is 30.0 Å². The molecule has 3 aromatic carbocycles. The third-order valence-electron chi connectivity index (χ3n) is 12.6. The van der Waals surface area contributed by atoms with E-state index in [9.17, 15) is 47.9 Å². The van der Waals surface area contributed by atoms with Crippen molar-refractivity contribution in [2.75, 3.05) is 18.4 Å². The number of nitrogens with zero attached hydrogens (tertiary/aromatic N) is 5. The van der Waals surface area contributed by atoms with Crippen molar-refractivity contribution < 1.29 is 47.9 Å². The second kappa shape index (κ2) is 19.6. The number of nitrogens with one attached hydrogen (secondary N) is 3. The molecule has 2 atom stereocenters. The third kappa shape index (κ3) is 9.69. The number of hydrogen-bond donors (Lipinski definition) is 4. The van der Waals surface area contributed by atoms with Gasteiger partial charge in [-0.3, -0.25) is 53.9 Å². The van der Waals surface area contributed by atoms with Crippen molar-refractivity contribution in [3.8, 4) is 17.6 Å². The smallest absolute Gasteiger partial charge is 0.270 e. The number of thiazole rings is 1. The molecule has 0 spiro atoms. The standard InChI is InChI=1S/C50H43FN8O9S/c51-32-13-16-39(60)36(25-32)43(46(65)56-50-52-20-23-69-50)58-27-31-12-10-28(24-35(31)47(58)66)8-9-29-11-14-37(53-26-29)44(63)54-33-18-21-57(22-19-33)41(62)7-2-1-4-30-5-3-6-34-42(30)49(68)59(48(34)67)38-15-17-40(61)55-45(38)64/h3,5-6,10-14,16,20,23-26,33,38,43,60H,1-2,4,7,15,17-19,21-22,27H2,(H,54,63)(H,52,56,65)(H,55,61,64). The second-order valence-corrected chi connectivity index (χ2v) is 17.9. The summed E-state index contributed by atoms with van der Waals surface area (Å²) in [5.41, 5.74) is 3.21. The summed E-state index contributed by atoms with van der Waals surface area (Å²) in [6.45, 7) is 0.958. The monoisotopic (exact) mass is 950 g/mol. The van der Waals surface area contributed by atoms with Gasteiger partial charge in [-0.25, -0.2) is 14.4 Å². The molecule has 2 aromatic heterocycles. The van der Waals surface area contributed by atoms with Gasteiger partial charge in [-0.05, 0) is 98.2 Å². The van der Waals surface area contributed by atoms with E-state index < -0.39 is 53.3 Å². The van der Waals surface area contributed by atoms with Crippen LogP contribution < -0.4 is 16.0 Å². The van der Waals surface area contributed by atoms with Crippen LogP contribution in [-0.4, -0.2) is 102 Å². The Kier molecular flexibility index (Phi) is 13.1. The van der Waals surface area contributed by atoms with Crippen molar-refractivity contribution >= 4 is 63.7 Å². The summed E-state index contributed by atoms with van der Waals surface area (Å²) in [5.74, 6) is 1.23. The van der Waals surface area contributed by atoms with E-state index in [1.807, 2.05) is 0 Å². The normalized spacial score (nSPS) is 17.2. The number of amides is 8. The average molecular weight is 951 g/mol. The maximum absolute atomic E-state index is 14.4. The van der Waals surface area contributed by atoms with Crippen LogP contribution in [0.2, 0.25) is 0 Å². The average Bonchev–Trinajstić information content (AvgIpc) is 4.04. The summed E-state index contributed by atoms with van der Waals surface area (Å²) >= 11 is 1.17. The fourth-order valence-corrected chi connectivity index (χ4v) is 9.62. The van der Waals surface area contributed by atoms with Gasteiger partial charge in [0.15, 0.2) is 5.13 Å². The van der Waals surface area contributed by atoms with Crippen LogP contribution in [-0.2, 0) is 32.1 Å². The summed E-state index contributed by atoms with van der Waals surface area (Å²) in [5, 5.41) is 20.5. The topological polar surface area (TPSA) is 228 Å². The molecule has 4 aliphatic rings. The summed E-state index contributed by atoms with van der Waals surface area (Å²) in [6, 6.07) is 13.9. The lowest BCUT2D eigenvalue weighted by molar-refractivity contribution is -0.136. The molecule has 2 saturated heterocycles. The molecule has 4 aliphatic heterocycles.